The fourth-order valence-electron chi connectivity index (χ4n) is 4.72. The molecule has 1 atom stereocenters. The van der Waals surface area contributed by atoms with Crippen LogP contribution in [0, 0.1) is 0 Å². The Hall–Kier alpha value is -4.53. The van der Waals surface area contributed by atoms with Crippen LogP contribution in [0.4, 0.5) is 4.79 Å². The van der Waals surface area contributed by atoms with E-state index in [0.717, 1.165) is 27.2 Å². The highest BCUT2D eigenvalue weighted by molar-refractivity contribution is 5.88. The van der Waals surface area contributed by atoms with Crippen molar-refractivity contribution in [3.8, 4) is 22.6 Å². The Kier molecular flexibility index (Phi) is 8.15. The Morgan fingerprint density at radius 3 is 2.16 bits per heavy atom. The second-order valence-corrected chi connectivity index (χ2v) is 8.96. The number of carbonyl (C=O) groups is 3. The molecule has 0 fully saturated rings. The van der Waals surface area contributed by atoms with Gasteiger partial charge < -0.3 is 29.5 Å². The van der Waals surface area contributed by atoms with Crippen molar-refractivity contribution in [2.24, 2.45) is 0 Å². The molecule has 0 aromatic heterocycles. The van der Waals surface area contributed by atoms with Crippen LogP contribution in [0.1, 0.15) is 29.5 Å². The molecule has 0 aliphatic heterocycles. The van der Waals surface area contributed by atoms with Gasteiger partial charge in [0.05, 0.1) is 20.8 Å². The number of nitrogens with one attached hydrogen (secondary N) is 1. The number of carboxylic acids is 1. The molecule has 0 saturated carbocycles. The number of aliphatic carboxylic acids is 1. The summed E-state index contributed by atoms with van der Waals surface area (Å²) in [4.78, 5) is 38.5. The minimum absolute atomic E-state index is 0.0327. The molecular formula is C29H30N2O7. The first-order valence-corrected chi connectivity index (χ1v) is 12.1. The van der Waals surface area contributed by atoms with Gasteiger partial charge in [0.1, 0.15) is 30.7 Å². The molecule has 1 aliphatic rings. The van der Waals surface area contributed by atoms with Crippen molar-refractivity contribution in [2.45, 2.75) is 25.4 Å². The van der Waals surface area contributed by atoms with Gasteiger partial charge in [0, 0.05) is 17.5 Å². The number of carbonyl (C=O) groups excluding carboxylic acids is 2. The van der Waals surface area contributed by atoms with Crippen molar-refractivity contribution < 1.29 is 33.7 Å². The molecule has 1 aliphatic carbocycles. The van der Waals surface area contributed by atoms with Gasteiger partial charge in [-0.2, -0.15) is 0 Å². The SMILES string of the molecule is COc1ccc(CN(CC(=O)O)C(=O)[C@H](C)NC(=O)OCC2c3ccccc3-c3ccccc32)c(OC)c1. The number of hydrogen-bond acceptors (Lipinski definition) is 6. The van der Waals surface area contributed by atoms with Crippen molar-refractivity contribution in [3.05, 3.63) is 83.4 Å². The zero-order chi connectivity index (χ0) is 27.2. The summed E-state index contributed by atoms with van der Waals surface area (Å²) in [5.41, 5.74) is 4.97. The van der Waals surface area contributed by atoms with Crippen molar-refractivity contribution in [1.29, 1.82) is 0 Å². The topological polar surface area (TPSA) is 114 Å². The van der Waals surface area contributed by atoms with E-state index in [2.05, 4.69) is 5.32 Å². The van der Waals surface area contributed by atoms with Gasteiger partial charge >= 0.3 is 12.1 Å². The summed E-state index contributed by atoms with van der Waals surface area (Å²) in [5.74, 6) is -0.861. The van der Waals surface area contributed by atoms with Gasteiger partial charge in [-0.25, -0.2) is 4.79 Å². The smallest absolute Gasteiger partial charge is 0.407 e. The molecule has 4 rings (SSSR count). The molecule has 0 unspecified atom stereocenters. The van der Waals surface area contributed by atoms with Crippen LogP contribution in [0.2, 0.25) is 0 Å². The minimum Gasteiger partial charge on any atom is -0.497 e. The first kappa shape index (κ1) is 26.5. The summed E-state index contributed by atoms with van der Waals surface area (Å²) in [6.07, 6.45) is -0.759. The summed E-state index contributed by atoms with van der Waals surface area (Å²) in [6.45, 7) is 1.01. The number of rotatable bonds is 10. The fourth-order valence-corrected chi connectivity index (χ4v) is 4.72. The maximum absolute atomic E-state index is 13.2. The minimum atomic E-state index is -1.18. The van der Waals surface area contributed by atoms with Crippen LogP contribution >= 0.6 is 0 Å². The van der Waals surface area contributed by atoms with Crippen molar-refractivity contribution >= 4 is 18.0 Å². The highest BCUT2D eigenvalue weighted by Crippen LogP contribution is 2.44. The van der Waals surface area contributed by atoms with Gasteiger partial charge in [0.2, 0.25) is 5.91 Å². The predicted octanol–water partition coefficient (Wildman–Crippen LogP) is 4.04. The number of nitrogens with zero attached hydrogens (tertiary/aromatic N) is 1. The first-order chi connectivity index (χ1) is 18.3. The summed E-state index contributed by atoms with van der Waals surface area (Å²) in [7, 11) is 2.99. The standard InChI is InChI=1S/C29H30N2O7/c1-18(28(34)31(16-27(32)33)15-19-12-13-20(36-2)14-26(19)37-3)30-29(35)38-17-25-23-10-6-4-8-21(23)22-9-5-7-11-24(22)25/h4-14,18,25H,15-17H2,1-3H3,(H,30,35)(H,32,33)/t18-/m0/s1. The summed E-state index contributed by atoms with van der Waals surface area (Å²) >= 11 is 0. The molecule has 198 valence electrons. The van der Waals surface area contributed by atoms with E-state index in [1.807, 2.05) is 48.5 Å². The van der Waals surface area contributed by atoms with E-state index in [1.54, 1.807) is 18.2 Å². The fraction of sp³-hybridized carbons (Fsp3) is 0.276. The third kappa shape index (κ3) is 5.72. The second kappa shape index (κ2) is 11.7. The molecular weight excluding hydrogens is 488 g/mol. The lowest BCUT2D eigenvalue weighted by Crippen LogP contribution is -2.48. The van der Waals surface area contributed by atoms with E-state index in [4.69, 9.17) is 14.2 Å². The van der Waals surface area contributed by atoms with E-state index >= 15 is 0 Å². The molecule has 0 saturated heterocycles. The Morgan fingerprint density at radius 2 is 1.58 bits per heavy atom. The lowest BCUT2D eigenvalue weighted by molar-refractivity contribution is -0.145. The van der Waals surface area contributed by atoms with E-state index in [-0.39, 0.29) is 19.1 Å². The quantitative estimate of drug-likeness (QED) is 0.416. The van der Waals surface area contributed by atoms with E-state index < -0.39 is 30.6 Å². The summed E-state index contributed by atoms with van der Waals surface area (Å²) in [5, 5.41) is 11.9. The summed E-state index contributed by atoms with van der Waals surface area (Å²) < 4.78 is 16.1. The monoisotopic (exact) mass is 518 g/mol. The van der Waals surface area contributed by atoms with E-state index in [1.165, 1.54) is 21.1 Å². The zero-order valence-electron chi connectivity index (χ0n) is 21.5. The van der Waals surface area contributed by atoms with Gasteiger partial charge in [0.15, 0.2) is 0 Å². The Morgan fingerprint density at radius 1 is 0.947 bits per heavy atom. The molecule has 0 bridgehead atoms. The number of carboxylic acid groups (broad SMARTS) is 1. The number of fused-ring (bicyclic) bond motifs is 3. The summed E-state index contributed by atoms with van der Waals surface area (Å²) in [6, 6.07) is 20.0. The number of methoxy groups -OCH3 is 2. The van der Waals surface area contributed by atoms with Gasteiger partial charge in [-0.15, -0.1) is 0 Å². The lowest BCUT2D eigenvalue weighted by Gasteiger charge is -2.25. The van der Waals surface area contributed by atoms with Crippen LogP contribution in [0.5, 0.6) is 11.5 Å². The van der Waals surface area contributed by atoms with Crippen molar-refractivity contribution in [3.63, 3.8) is 0 Å². The van der Waals surface area contributed by atoms with E-state index in [0.29, 0.717) is 17.1 Å². The van der Waals surface area contributed by atoms with Gasteiger partial charge in [0.25, 0.3) is 0 Å². The number of alkyl carbamates (subject to hydrolysis) is 1. The Balaban J connectivity index is 1.41. The molecule has 2 amide bonds. The van der Waals surface area contributed by atoms with Crippen LogP contribution in [0.3, 0.4) is 0 Å². The van der Waals surface area contributed by atoms with Crippen LogP contribution < -0.4 is 14.8 Å². The molecule has 0 heterocycles. The normalized spacial score (nSPS) is 12.6. The largest absolute Gasteiger partial charge is 0.497 e. The maximum Gasteiger partial charge on any atom is 0.407 e. The van der Waals surface area contributed by atoms with Crippen LogP contribution in [-0.2, 0) is 20.9 Å². The van der Waals surface area contributed by atoms with Crippen LogP contribution in [0.15, 0.2) is 66.7 Å². The third-order valence-electron chi connectivity index (χ3n) is 6.54. The lowest BCUT2D eigenvalue weighted by atomic mass is 9.98. The highest BCUT2D eigenvalue weighted by Gasteiger charge is 2.30. The molecule has 0 radical (unpaired) electrons. The Bertz CT molecular complexity index is 1290. The second-order valence-electron chi connectivity index (χ2n) is 8.96. The average molecular weight is 519 g/mol. The van der Waals surface area contributed by atoms with Crippen molar-refractivity contribution in [2.75, 3.05) is 27.4 Å². The number of hydrogen-bond donors (Lipinski definition) is 2. The molecule has 9 heteroatoms. The number of benzene rings is 3. The number of amides is 2. The molecule has 0 spiro atoms. The molecule has 3 aromatic carbocycles. The van der Waals surface area contributed by atoms with Gasteiger partial charge in [-0.1, -0.05) is 48.5 Å². The third-order valence-corrected chi connectivity index (χ3v) is 6.54. The molecule has 2 N–H and O–H groups in total. The predicted molar refractivity (Wildman–Crippen MR) is 140 cm³/mol. The average Bonchev–Trinajstić information content (AvgIpc) is 3.24. The Labute approximate surface area is 220 Å². The van der Waals surface area contributed by atoms with Crippen LogP contribution in [-0.4, -0.2) is 61.4 Å². The van der Waals surface area contributed by atoms with E-state index in [9.17, 15) is 19.5 Å². The molecule has 3 aromatic rings. The maximum atomic E-state index is 13.2. The molecule has 38 heavy (non-hydrogen) atoms. The highest BCUT2D eigenvalue weighted by atomic mass is 16.5. The van der Waals surface area contributed by atoms with Crippen LogP contribution in [0.25, 0.3) is 11.1 Å². The van der Waals surface area contributed by atoms with Gasteiger partial charge in [-0.05, 0) is 41.3 Å². The zero-order valence-corrected chi connectivity index (χ0v) is 21.5. The van der Waals surface area contributed by atoms with Crippen molar-refractivity contribution in [1.82, 2.24) is 10.2 Å². The molecule has 9 nitrogen and oxygen atoms in total. The van der Waals surface area contributed by atoms with Gasteiger partial charge in [-0.3, -0.25) is 9.59 Å². The first-order valence-electron chi connectivity index (χ1n) is 12.1. The number of ether oxygens (including phenoxy) is 3.